The lowest BCUT2D eigenvalue weighted by atomic mass is 9.95. The molecule has 2 atom stereocenters. The van der Waals surface area contributed by atoms with Gasteiger partial charge in [0.15, 0.2) is 11.5 Å². The summed E-state index contributed by atoms with van der Waals surface area (Å²) in [5, 5.41) is 16.9. The summed E-state index contributed by atoms with van der Waals surface area (Å²) in [5.41, 5.74) is 16.8. The standard InChI is InChI=1S/C30H40N6O/c1-5-20(4)10-16-25(31)23-7-6-8-24(17-23)29(33)37-30(34)27-28(32)35-18-26(36-27)22-14-12-21(13-15-22)11-9-19(2)3/h6-8,12-15,17-20,25,33-34H,5,9-11,16,31H2,1-4H3,(H2,32,35). The van der Waals surface area contributed by atoms with E-state index in [1.54, 1.807) is 12.3 Å². The maximum atomic E-state index is 8.44. The van der Waals surface area contributed by atoms with Gasteiger partial charge in [0.2, 0.25) is 11.8 Å². The quantitative estimate of drug-likeness (QED) is 0.176. The van der Waals surface area contributed by atoms with Crippen molar-refractivity contribution in [3.05, 3.63) is 77.1 Å². The van der Waals surface area contributed by atoms with Crippen LogP contribution in [-0.4, -0.2) is 21.8 Å². The number of hydrogen-bond acceptors (Lipinski definition) is 7. The van der Waals surface area contributed by atoms with Gasteiger partial charge in [-0.1, -0.05) is 70.5 Å². The van der Waals surface area contributed by atoms with Crippen LogP contribution < -0.4 is 11.5 Å². The summed E-state index contributed by atoms with van der Waals surface area (Å²) in [6, 6.07) is 15.5. The van der Waals surface area contributed by atoms with Crippen LogP contribution >= 0.6 is 0 Å². The topological polar surface area (TPSA) is 135 Å². The SMILES string of the molecule is CCC(C)CCC(N)c1cccc(C(=N)OC(=N)c2nc(-c3ccc(CCC(C)C)cc3)cnc2N)c1. The van der Waals surface area contributed by atoms with Gasteiger partial charge in [0.25, 0.3) is 0 Å². The zero-order valence-corrected chi connectivity index (χ0v) is 22.4. The highest BCUT2D eigenvalue weighted by Crippen LogP contribution is 2.23. The minimum atomic E-state index is -0.322. The minimum absolute atomic E-state index is 0.0796. The predicted octanol–water partition coefficient (Wildman–Crippen LogP) is 6.51. The summed E-state index contributed by atoms with van der Waals surface area (Å²) in [6.07, 6.45) is 6.81. The molecule has 3 aromatic rings. The van der Waals surface area contributed by atoms with Gasteiger partial charge in [0.05, 0.1) is 11.9 Å². The molecule has 0 amide bonds. The maximum Gasteiger partial charge on any atom is 0.243 e. The van der Waals surface area contributed by atoms with Crippen LogP contribution in [0.4, 0.5) is 5.82 Å². The Morgan fingerprint density at radius 1 is 0.973 bits per heavy atom. The molecule has 0 spiro atoms. The van der Waals surface area contributed by atoms with E-state index in [-0.39, 0.29) is 29.3 Å². The average Bonchev–Trinajstić information content (AvgIpc) is 2.90. The van der Waals surface area contributed by atoms with E-state index < -0.39 is 0 Å². The van der Waals surface area contributed by atoms with Gasteiger partial charge >= 0.3 is 0 Å². The molecule has 0 aliphatic carbocycles. The van der Waals surface area contributed by atoms with E-state index in [1.165, 1.54) is 5.56 Å². The van der Waals surface area contributed by atoms with Crippen LogP contribution in [-0.2, 0) is 11.2 Å². The second-order valence-electron chi connectivity index (χ2n) is 10.2. The van der Waals surface area contributed by atoms with Gasteiger partial charge in [-0.15, -0.1) is 0 Å². The molecule has 37 heavy (non-hydrogen) atoms. The third-order valence-electron chi connectivity index (χ3n) is 6.72. The van der Waals surface area contributed by atoms with Crippen LogP contribution in [0.2, 0.25) is 0 Å². The number of nitrogens with two attached hydrogens (primary N) is 2. The first-order valence-corrected chi connectivity index (χ1v) is 13.1. The largest absolute Gasteiger partial charge is 0.419 e. The molecule has 0 saturated heterocycles. The van der Waals surface area contributed by atoms with Crippen LogP contribution in [0.25, 0.3) is 11.3 Å². The van der Waals surface area contributed by atoms with Gasteiger partial charge in [0, 0.05) is 17.2 Å². The first-order valence-electron chi connectivity index (χ1n) is 13.1. The van der Waals surface area contributed by atoms with Crippen molar-refractivity contribution in [2.45, 2.75) is 65.8 Å². The summed E-state index contributed by atoms with van der Waals surface area (Å²) in [4.78, 5) is 8.76. The number of rotatable bonds is 11. The molecule has 1 heterocycles. The summed E-state index contributed by atoms with van der Waals surface area (Å²) < 4.78 is 5.56. The second kappa shape index (κ2) is 13.1. The fraction of sp³-hybridized carbons (Fsp3) is 0.400. The van der Waals surface area contributed by atoms with E-state index >= 15 is 0 Å². The molecule has 6 N–H and O–H groups in total. The number of nitrogens with zero attached hydrogens (tertiary/aromatic N) is 2. The molecule has 0 fully saturated rings. The lowest BCUT2D eigenvalue weighted by Crippen LogP contribution is -2.18. The molecule has 3 rings (SSSR count). The maximum absolute atomic E-state index is 8.44. The van der Waals surface area contributed by atoms with Crippen molar-refractivity contribution in [2.24, 2.45) is 17.6 Å². The van der Waals surface area contributed by atoms with Gasteiger partial charge in [0.1, 0.15) is 0 Å². The Hall–Kier alpha value is -3.58. The molecule has 0 aliphatic heterocycles. The van der Waals surface area contributed by atoms with Gasteiger partial charge in [-0.3, -0.25) is 10.8 Å². The van der Waals surface area contributed by atoms with Crippen LogP contribution in [0.15, 0.2) is 54.7 Å². The number of ether oxygens (including phenoxy) is 1. The third kappa shape index (κ3) is 7.95. The Labute approximate surface area is 220 Å². The summed E-state index contributed by atoms with van der Waals surface area (Å²) in [6.45, 7) is 8.85. The molecule has 1 aromatic heterocycles. The van der Waals surface area contributed by atoms with Crippen molar-refractivity contribution < 1.29 is 4.74 Å². The number of aromatic nitrogens is 2. The van der Waals surface area contributed by atoms with E-state index in [2.05, 4.69) is 49.8 Å². The highest BCUT2D eigenvalue weighted by molar-refractivity contribution is 6.05. The Kier molecular flexibility index (Phi) is 9.92. The fourth-order valence-corrected chi connectivity index (χ4v) is 3.96. The Bertz CT molecular complexity index is 1200. The number of benzene rings is 2. The molecule has 0 radical (unpaired) electrons. The van der Waals surface area contributed by atoms with E-state index in [1.807, 2.05) is 30.3 Å². The molecule has 0 aliphatic rings. The van der Waals surface area contributed by atoms with Crippen molar-refractivity contribution in [3.63, 3.8) is 0 Å². The molecule has 0 bridgehead atoms. The van der Waals surface area contributed by atoms with Gasteiger partial charge in [-0.2, -0.15) is 0 Å². The van der Waals surface area contributed by atoms with Crippen LogP contribution in [0.5, 0.6) is 0 Å². The van der Waals surface area contributed by atoms with E-state index in [0.29, 0.717) is 23.1 Å². The molecular weight excluding hydrogens is 460 g/mol. The first-order chi connectivity index (χ1) is 17.7. The zero-order valence-electron chi connectivity index (χ0n) is 22.4. The van der Waals surface area contributed by atoms with Crippen molar-refractivity contribution >= 4 is 17.6 Å². The lowest BCUT2D eigenvalue weighted by molar-refractivity contribution is 0.463. The van der Waals surface area contributed by atoms with E-state index in [4.69, 9.17) is 27.0 Å². The Morgan fingerprint density at radius 3 is 2.38 bits per heavy atom. The Balaban J connectivity index is 1.70. The summed E-state index contributed by atoms with van der Waals surface area (Å²) >= 11 is 0. The number of aryl methyl sites for hydroxylation is 1. The third-order valence-corrected chi connectivity index (χ3v) is 6.72. The number of hydrogen-bond donors (Lipinski definition) is 4. The summed E-state index contributed by atoms with van der Waals surface area (Å²) in [5.74, 6) is 0.875. The minimum Gasteiger partial charge on any atom is -0.419 e. The van der Waals surface area contributed by atoms with Crippen LogP contribution in [0.1, 0.15) is 81.8 Å². The lowest BCUT2D eigenvalue weighted by Gasteiger charge is -2.16. The smallest absolute Gasteiger partial charge is 0.243 e. The highest BCUT2D eigenvalue weighted by atomic mass is 16.5. The molecular formula is C30H40N6O. The van der Waals surface area contributed by atoms with Crippen molar-refractivity contribution in [1.82, 2.24) is 9.97 Å². The summed E-state index contributed by atoms with van der Waals surface area (Å²) in [7, 11) is 0. The number of anilines is 1. The van der Waals surface area contributed by atoms with Crippen molar-refractivity contribution in [1.29, 1.82) is 10.8 Å². The number of nitrogen functional groups attached to an aromatic ring is 1. The van der Waals surface area contributed by atoms with E-state index in [0.717, 1.165) is 43.2 Å². The normalized spacial score (nSPS) is 12.8. The second-order valence-corrected chi connectivity index (χ2v) is 10.2. The molecule has 2 aromatic carbocycles. The molecule has 7 nitrogen and oxygen atoms in total. The number of nitrogens with one attached hydrogen (secondary N) is 2. The average molecular weight is 501 g/mol. The molecule has 7 heteroatoms. The van der Waals surface area contributed by atoms with Gasteiger partial charge < -0.3 is 16.2 Å². The zero-order chi connectivity index (χ0) is 26.9. The van der Waals surface area contributed by atoms with Crippen molar-refractivity contribution in [2.75, 3.05) is 5.73 Å². The monoisotopic (exact) mass is 500 g/mol. The molecule has 2 unspecified atom stereocenters. The molecule has 196 valence electrons. The first kappa shape index (κ1) is 28.0. The Morgan fingerprint density at radius 2 is 1.70 bits per heavy atom. The van der Waals surface area contributed by atoms with Gasteiger partial charge in [-0.25, -0.2) is 9.97 Å². The predicted molar refractivity (Wildman–Crippen MR) is 152 cm³/mol. The van der Waals surface area contributed by atoms with Crippen molar-refractivity contribution in [3.8, 4) is 11.3 Å². The van der Waals surface area contributed by atoms with Gasteiger partial charge in [-0.05, 0) is 60.8 Å². The highest BCUT2D eigenvalue weighted by Gasteiger charge is 2.17. The van der Waals surface area contributed by atoms with Crippen LogP contribution in [0.3, 0.4) is 0 Å². The fourth-order valence-electron chi connectivity index (χ4n) is 3.96. The van der Waals surface area contributed by atoms with Crippen LogP contribution in [0, 0.1) is 22.7 Å². The van der Waals surface area contributed by atoms with E-state index in [9.17, 15) is 0 Å². The molecule has 0 saturated carbocycles.